The maximum absolute atomic E-state index is 11.9. The van der Waals surface area contributed by atoms with Crippen molar-refractivity contribution >= 4 is 23.4 Å². The molecule has 0 fully saturated rings. The van der Waals surface area contributed by atoms with E-state index >= 15 is 0 Å². The molecular formula is C13H15N3O3S. The van der Waals surface area contributed by atoms with E-state index in [1.54, 1.807) is 6.20 Å². The molecule has 1 atom stereocenters. The Labute approximate surface area is 119 Å². The van der Waals surface area contributed by atoms with Gasteiger partial charge in [-0.2, -0.15) is 11.8 Å². The Bertz CT molecular complexity index is 699. The van der Waals surface area contributed by atoms with Gasteiger partial charge in [-0.15, -0.1) is 0 Å². The highest BCUT2D eigenvalue weighted by Crippen LogP contribution is 2.11. The summed E-state index contributed by atoms with van der Waals surface area (Å²) in [6, 6.07) is 4.24. The molecule has 2 rings (SSSR count). The second-order valence-corrected chi connectivity index (χ2v) is 5.51. The zero-order chi connectivity index (χ0) is 14.7. The van der Waals surface area contributed by atoms with Gasteiger partial charge in [-0.05, 0) is 24.6 Å². The summed E-state index contributed by atoms with van der Waals surface area (Å²) >= 11 is 1.35. The Kier molecular flexibility index (Phi) is 4.41. The van der Waals surface area contributed by atoms with Gasteiger partial charge in [-0.25, -0.2) is 4.98 Å². The number of thioether (sulfide) groups is 1. The molecular weight excluding hydrogens is 278 g/mol. The molecule has 2 heterocycles. The number of aromatic nitrogens is 2. The SMILES string of the molecule is Cc1ccn2c(=O)cc(CSC[C@H](N)C(=O)O)nc2c1. The van der Waals surface area contributed by atoms with E-state index in [2.05, 4.69) is 4.98 Å². The normalized spacial score (nSPS) is 12.5. The minimum absolute atomic E-state index is 0.145. The average Bonchev–Trinajstić information content (AvgIpc) is 2.37. The molecule has 0 unspecified atom stereocenters. The predicted octanol–water partition coefficient (Wildman–Crippen LogP) is 0.648. The van der Waals surface area contributed by atoms with Gasteiger partial charge in [0.25, 0.3) is 5.56 Å². The molecule has 0 aromatic carbocycles. The predicted molar refractivity (Wildman–Crippen MR) is 78.0 cm³/mol. The maximum Gasteiger partial charge on any atom is 0.321 e. The zero-order valence-corrected chi connectivity index (χ0v) is 11.8. The number of aryl methyl sites for hydroxylation is 1. The summed E-state index contributed by atoms with van der Waals surface area (Å²) in [5.41, 5.74) is 7.51. The molecule has 6 nitrogen and oxygen atoms in total. The van der Waals surface area contributed by atoms with Crippen molar-refractivity contribution in [2.75, 3.05) is 5.75 Å². The fourth-order valence-corrected chi connectivity index (χ4v) is 2.56. The van der Waals surface area contributed by atoms with E-state index in [1.807, 2.05) is 19.1 Å². The molecule has 2 aromatic rings. The Morgan fingerprint density at radius 3 is 3.00 bits per heavy atom. The van der Waals surface area contributed by atoms with Gasteiger partial charge in [0.1, 0.15) is 11.7 Å². The lowest BCUT2D eigenvalue weighted by Crippen LogP contribution is -2.32. The van der Waals surface area contributed by atoms with Crippen LogP contribution in [0.4, 0.5) is 0 Å². The zero-order valence-electron chi connectivity index (χ0n) is 10.9. The molecule has 0 aliphatic carbocycles. The van der Waals surface area contributed by atoms with Crippen LogP contribution >= 0.6 is 11.8 Å². The van der Waals surface area contributed by atoms with Crippen LogP contribution < -0.4 is 11.3 Å². The van der Waals surface area contributed by atoms with Crippen LogP contribution in [0.1, 0.15) is 11.3 Å². The summed E-state index contributed by atoms with van der Waals surface area (Å²) in [6.45, 7) is 1.93. The Morgan fingerprint density at radius 1 is 1.55 bits per heavy atom. The minimum Gasteiger partial charge on any atom is -0.480 e. The third-order valence-electron chi connectivity index (χ3n) is 2.74. The summed E-state index contributed by atoms with van der Waals surface area (Å²) in [5, 5.41) is 8.69. The fourth-order valence-electron chi connectivity index (χ4n) is 1.69. The van der Waals surface area contributed by atoms with E-state index in [1.165, 1.54) is 22.2 Å². The first kappa shape index (κ1) is 14.5. The number of aliphatic carboxylic acids is 1. The van der Waals surface area contributed by atoms with Crippen LogP contribution in [-0.4, -0.2) is 32.3 Å². The fraction of sp³-hybridized carbons (Fsp3) is 0.308. The molecule has 20 heavy (non-hydrogen) atoms. The number of carboxylic acids is 1. The first-order chi connectivity index (χ1) is 9.47. The second kappa shape index (κ2) is 6.06. The van der Waals surface area contributed by atoms with Crippen molar-refractivity contribution in [2.24, 2.45) is 5.73 Å². The van der Waals surface area contributed by atoms with Crippen molar-refractivity contribution in [1.29, 1.82) is 0 Å². The summed E-state index contributed by atoms with van der Waals surface area (Å²) in [7, 11) is 0. The number of carbonyl (C=O) groups is 1. The van der Waals surface area contributed by atoms with E-state index in [0.29, 0.717) is 17.1 Å². The van der Waals surface area contributed by atoms with Gasteiger partial charge in [-0.1, -0.05) is 0 Å². The minimum atomic E-state index is -1.03. The van der Waals surface area contributed by atoms with Gasteiger partial charge < -0.3 is 10.8 Å². The molecule has 3 N–H and O–H groups in total. The van der Waals surface area contributed by atoms with Crippen LogP contribution in [0, 0.1) is 6.92 Å². The number of fused-ring (bicyclic) bond motifs is 1. The third kappa shape index (κ3) is 3.37. The van der Waals surface area contributed by atoms with Gasteiger partial charge in [-0.3, -0.25) is 14.0 Å². The van der Waals surface area contributed by atoms with Crippen LogP contribution in [0.5, 0.6) is 0 Å². The molecule has 106 valence electrons. The number of nitrogens with zero attached hydrogens (tertiary/aromatic N) is 2. The lowest BCUT2D eigenvalue weighted by Gasteiger charge is -2.07. The number of carboxylic acid groups (broad SMARTS) is 1. The molecule has 0 spiro atoms. The number of hydrogen-bond acceptors (Lipinski definition) is 5. The molecule has 0 aliphatic heterocycles. The van der Waals surface area contributed by atoms with Crippen LogP contribution in [0.25, 0.3) is 5.65 Å². The molecule has 0 radical (unpaired) electrons. The van der Waals surface area contributed by atoms with Crippen molar-refractivity contribution in [3.8, 4) is 0 Å². The summed E-state index contributed by atoms with van der Waals surface area (Å²) in [5.74, 6) is -0.287. The van der Waals surface area contributed by atoms with E-state index in [0.717, 1.165) is 5.56 Å². The lowest BCUT2D eigenvalue weighted by atomic mass is 10.3. The van der Waals surface area contributed by atoms with Gasteiger partial charge in [0.05, 0.1) is 5.69 Å². The smallest absolute Gasteiger partial charge is 0.321 e. The van der Waals surface area contributed by atoms with Crippen LogP contribution in [0.2, 0.25) is 0 Å². The number of rotatable bonds is 5. The van der Waals surface area contributed by atoms with Crippen molar-refractivity contribution in [3.63, 3.8) is 0 Å². The molecule has 0 aliphatic rings. The Balaban J connectivity index is 2.15. The standard InChI is InChI=1S/C13H15N3O3S/c1-8-2-3-16-11(4-8)15-9(5-12(16)17)6-20-7-10(14)13(18)19/h2-5,10H,6-7,14H2,1H3,(H,18,19)/t10-/m0/s1. The Morgan fingerprint density at radius 2 is 2.30 bits per heavy atom. The summed E-state index contributed by atoms with van der Waals surface area (Å²) in [6.07, 6.45) is 1.69. The number of hydrogen-bond donors (Lipinski definition) is 2. The number of pyridine rings is 1. The van der Waals surface area contributed by atoms with Crippen LogP contribution in [-0.2, 0) is 10.5 Å². The largest absolute Gasteiger partial charge is 0.480 e. The molecule has 2 aromatic heterocycles. The molecule has 0 saturated carbocycles. The van der Waals surface area contributed by atoms with Crippen molar-refractivity contribution in [1.82, 2.24) is 9.38 Å². The van der Waals surface area contributed by atoms with Gasteiger partial charge in [0.15, 0.2) is 0 Å². The first-order valence-electron chi connectivity index (χ1n) is 6.02. The average molecular weight is 293 g/mol. The topological polar surface area (TPSA) is 97.7 Å². The van der Waals surface area contributed by atoms with Gasteiger partial charge in [0.2, 0.25) is 0 Å². The second-order valence-electron chi connectivity index (χ2n) is 4.48. The van der Waals surface area contributed by atoms with E-state index in [9.17, 15) is 9.59 Å². The Hall–Kier alpha value is -1.86. The van der Waals surface area contributed by atoms with Gasteiger partial charge >= 0.3 is 5.97 Å². The van der Waals surface area contributed by atoms with E-state index in [4.69, 9.17) is 10.8 Å². The van der Waals surface area contributed by atoms with E-state index in [-0.39, 0.29) is 11.3 Å². The maximum atomic E-state index is 11.9. The van der Waals surface area contributed by atoms with Crippen LogP contribution in [0.15, 0.2) is 29.2 Å². The monoisotopic (exact) mass is 293 g/mol. The first-order valence-corrected chi connectivity index (χ1v) is 7.18. The highest BCUT2D eigenvalue weighted by molar-refractivity contribution is 7.98. The highest BCUT2D eigenvalue weighted by atomic mass is 32.2. The van der Waals surface area contributed by atoms with Crippen molar-refractivity contribution < 1.29 is 9.90 Å². The van der Waals surface area contributed by atoms with Gasteiger partial charge in [0, 0.05) is 23.8 Å². The van der Waals surface area contributed by atoms with Crippen molar-refractivity contribution in [3.05, 3.63) is 46.0 Å². The third-order valence-corrected chi connectivity index (χ3v) is 3.84. The number of nitrogens with two attached hydrogens (primary N) is 1. The molecule has 0 saturated heterocycles. The summed E-state index contributed by atoms with van der Waals surface area (Å²) < 4.78 is 1.48. The molecule has 0 amide bonds. The molecule has 0 bridgehead atoms. The van der Waals surface area contributed by atoms with Crippen LogP contribution in [0.3, 0.4) is 0 Å². The lowest BCUT2D eigenvalue weighted by molar-refractivity contribution is -0.137. The molecule has 7 heteroatoms. The quantitative estimate of drug-likeness (QED) is 0.840. The van der Waals surface area contributed by atoms with Crippen molar-refractivity contribution in [2.45, 2.75) is 18.7 Å². The summed E-state index contributed by atoms with van der Waals surface area (Å²) in [4.78, 5) is 26.9. The van der Waals surface area contributed by atoms with E-state index < -0.39 is 12.0 Å². The highest BCUT2D eigenvalue weighted by Gasteiger charge is 2.11.